The minimum Gasteiger partial charge on any atom is -0.372 e. The maximum Gasteiger partial charge on any atom is 0.0812 e. The number of likely N-dealkylation sites (N-methyl/N-ethyl adjacent to an activating group) is 1. The Bertz CT molecular complexity index is 877. The molecule has 0 saturated carbocycles. The number of hydrogen-bond acceptors (Lipinski definition) is 4. The number of benzene rings is 1. The Hall–Kier alpha value is -1.91. The van der Waals surface area contributed by atoms with Crippen LogP contribution in [0.2, 0.25) is 0 Å². The molecule has 0 N–H and O–H groups in total. The normalized spacial score (nSPS) is 21.0. The summed E-state index contributed by atoms with van der Waals surface area (Å²) in [5.41, 5.74) is 5.54. The maximum absolute atomic E-state index is 4.53. The summed E-state index contributed by atoms with van der Waals surface area (Å²) >= 11 is 1.90. The molecule has 0 spiro atoms. The molecule has 1 atom stereocenters. The predicted molar refractivity (Wildman–Crippen MR) is 106 cm³/mol. The van der Waals surface area contributed by atoms with Crippen molar-refractivity contribution in [1.29, 1.82) is 0 Å². The van der Waals surface area contributed by atoms with Gasteiger partial charge in [-0.15, -0.1) is 11.3 Å². The van der Waals surface area contributed by atoms with Gasteiger partial charge in [-0.2, -0.15) is 0 Å². The van der Waals surface area contributed by atoms with Crippen molar-refractivity contribution in [3.8, 4) is 0 Å². The molecule has 4 heterocycles. The summed E-state index contributed by atoms with van der Waals surface area (Å²) in [6, 6.07) is 13.7. The second-order valence-electron chi connectivity index (χ2n) is 7.36. The molecule has 2 aliphatic heterocycles. The molecule has 1 saturated heterocycles. The van der Waals surface area contributed by atoms with Crippen molar-refractivity contribution < 1.29 is 0 Å². The van der Waals surface area contributed by atoms with E-state index in [9.17, 15) is 0 Å². The first-order valence-electron chi connectivity index (χ1n) is 9.19. The minimum atomic E-state index is 0.459. The molecule has 1 unspecified atom stereocenters. The average molecular weight is 350 g/mol. The summed E-state index contributed by atoms with van der Waals surface area (Å²) < 4.78 is 1.29. The first-order chi connectivity index (χ1) is 12.3. The fraction of sp³-hybridized carbons (Fsp3) is 0.381. The van der Waals surface area contributed by atoms with E-state index < -0.39 is 0 Å². The SMILES string of the molecule is CN1Cc2cc(N3CCCC3)ccc2C(c2cc3ncccc3s2)C1. The van der Waals surface area contributed by atoms with Gasteiger partial charge >= 0.3 is 0 Å². The van der Waals surface area contributed by atoms with Gasteiger partial charge in [0.05, 0.1) is 10.2 Å². The molecule has 0 amide bonds. The summed E-state index contributed by atoms with van der Waals surface area (Å²) in [5.74, 6) is 0.459. The predicted octanol–water partition coefficient (Wildman–Crippen LogP) is 4.47. The molecule has 128 valence electrons. The molecule has 0 bridgehead atoms. The van der Waals surface area contributed by atoms with Crippen molar-refractivity contribution in [3.63, 3.8) is 0 Å². The van der Waals surface area contributed by atoms with Crippen LogP contribution in [0, 0.1) is 0 Å². The van der Waals surface area contributed by atoms with Crippen LogP contribution in [0.5, 0.6) is 0 Å². The Kier molecular flexibility index (Phi) is 3.75. The van der Waals surface area contributed by atoms with Crippen LogP contribution < -0.4 is 4.90 Å². The van der Waals surface area contributed by atoms with Gasteiger partial charge in [0.1, 0.15) is 0 Å². The number of nitrogens with zero attached hydrogens (tertiary/aromatic N) is 3. The van der Waals surface area contributed by atoms with Crippen LogP contribution in [-0.4, -0.2) is 36.6 Å². The van der Waals surface area contributed by atoms with Crippen molar-refractivity contribution >= 4 is 27.2 Å². The Balaban J connectivity index is 1.55. The highest BCUT2D eigenvalue weighted by Gasteiger charge is 2.27. The van der Waals surface area contributed by atoms with E-state index in [2.05, 4.69) is 52.2 Å². The molecule has 5 rings (SSSR count). The topological polar surface area (TPSA) is 19.4 Å². The summed E-state index contributed by atoms with van der Waals surface area (Å²) in [7, 11) is 2.24. The van der Waals surface area contributed by atoms with E-state index in [0.717, 1.165) is 18.6 Å². The van der Waals surface area contributed by atoms with Gasteiger partial charge < -0.3 is 9.80 Å². The third-order valence-corrected chi connectivity index (χ3v) is 6.76. The van der Waals surface area contributed by atoms with E-state index >= 15 is 0 Å². The van der Waals surface area contributed by atoms with Crippen molar-refractivity contribution in [3.05, 3.63) is 58.6 Å². The van der Waals surface area contributed by atoms with Gasteiger partial charge in [-0.25, -0.2) is 0 Å². The van der Waals surface area contributed by atoms with E-state index in [1.165, 1.54) is 52.3 Å². The van der Waals surface area contributed by atoms with Crippen LogP contribution in [0.25, 0.3) is 10.2 Å². The van der Waals surface area contributed by atoms with E-state index in [1.54, 1.807) is 0 Å². The lowest BCUT2D eigenvalue weighted by Crippen LogP contribution is -2.31. The van der Waals surface area contributed by atoms with Crippen molar-refractivity contribution in [2.75, 3.05) is 31.6 Å². The third kappa shape index (κ3) is 2.74. The number of hydrogen-bond donors (Lipinski definition) is 0. The van der Waals surface area contributed by atoms with Crippen molar-refractivity contribution in [2.24, 2.45) is 0 Å². The molecule has 2 aliphatic rings. The second-order valence-corrected chi connectivity index (χ2v) is 8.48. The van der Waals surface area contributed by atoms with Gasteiger partial charge in [-0.1, -0.05) is 6.07 Å². The number of aromatic nitrogens is 1. The minimum absolute atomic E-state index is 0.459. The summed E-state index contributed by atoms with van der Waals surface area (Å²) in [4.78, 5) is 11.0. The van der Waals surface area contributed by atoms with Crippen molar-refractivity contribution in [2.45, 2.75) is 25.3 Å². The molecule has 0 aliphatic carbocycles. The Morgan fingerprint density at radius 2 is 2.00 bits per heavy atom. The zero-order valence-corrected chi connectivity index (χ0v) is 15.4. The average Bonchev–Trinajstić information content (AvgIpc) is 3.30. The molecular formula is C21H23N3S. The second kappa shape index (κ2) is 6.11. The maximum atomic E-state index is 4.53. The zero-order valence-electron chi connectivity index (χ0n) is 14.6. The van der Waals surface area contributed by atoms with Gasteiger partial charge in [0.15, 0.2) is 0 Å². The Morgan fingerprint density at radius 3 is 2.84 bits per heavy atom. The quantitative estimate of drug-likeness (QED) is 0.680. The van der Waals surface area contributed by atoms with Crippen LogP contribution in [-0.2, 0) is 6.54 Å². The van der Waals surface area contributed by atoms with Crippen LogP contribution in [0.4, 0.5) is 5.69 Å². The number of rotatable bonds is 2. The molecule has 4 heteroatoms. The number of fused-ring (bicyclic) bond motifs is 2. The molecule has 1 fully saturated rings. The highest BCUT2D eigenvalue weighted by Crippen LogP contribution is 2.39. The van der Waals surface area contributed by atoms with Crippen LogP contribution in [0.3, 0.4) is 0 Å². The molecular weight excluding hydrogens is 326 g/mol. The Morgan fingerprint density at radius 1 is 1.12 bits per heavy atom. The van der Waals surface area contributed by atoms with Gasteiger partial charge in [0.25, 0.3) is 0 Å². The molecule has 3 nitrogen and oxygen atoms in total. The number of pyridine rings is 1. The van der Waals surface area contributed by atoms with Gasteiger partial charge in [0.2, 0.25) is 0 Å². The van der Waals surface area contributed by atoms with Gasteiger partial charge in [0, 0.05) is 48.9 Å². The highest BCUT2D eigenvalue weighted by atomic mass is 32.1. The first kappa shape index (κ1) is 15.4. The number of thiophene rings is 1. The highest BCUT2D eigenvalue weighted by molar-refractivity contribution is 7.19. The number of anilines is 1. The van der Waals surface area contributed by atoms with Crippen LogP contribution in [0.15, 0.2) is 42.6 Å². The smallest absolute Gasteiger partial charge is 0.0812 e. The summed E-state index contributed by atoms with van der Waals surface area (Å²) in [5, 5.41) is 0. The Labute approximate surface area is 152 Å². The largest absolute Gasteiger partial charge is 0.372 e. The third-order valence-electron chi connectivity index (χ3n) is 5.56. The van der Waals surface area contributed by atoms with E-state index in [0.29, 0.717) is 5.92 Å². The van der Waals surface area contributed by atoms with Gasteiger partial charge in [-0.05, 0) is 61.3 Å². The van der Waals surface area contributed by atoms with E-state index in [-0.39, 0.29) is 0 Å². The molecule has 1 aromatic carbocycles. The van der Waals surface area contributed by atoms with E-state index in [1.807, 2.05) is 23.6 Å². The molecule has 2 aromatic heterocycles. The van der Waals surface area contributed by atoms with Gasteiger partial charge in [-0.3, -0.25) is 4.98 Å². The summed E-state index contributed by atoms with van der Waals surface area (Å²) in [6.07, 6.45) is 4.55. The monoisotopic (exact) mass is 349 g/mol. The fourth-order valence-electron chi connectivity index (χ4n) is 4.31. The molecule has 3 aromatic rings. The lowest BCUT2D eigenvalue weighted by molar-refractivity contribution is 0.296. The summed E-state index contributed by atoms with van der Waals surface area (Å²) in [6.45, 7) is 4.56. The zero-order chi connectivity index (χ0) is 16.8. The first-order valence-corrected chi connectivity index (χ1v) is 10.0. The fourth-order valence-corrected chi connectivity index (χ4v) is 5.44. The van der Waals surface area contributed by atoms with Crippen LogP contribution in [0.1, 0.15) is 34.8 Å². The molecule has 25 heavy (non-hydrogen) atoms. The lowest BCUT2D eigenvalue weighted by atomic mass is 9.88. The lowest BCUT2D eigenvalue weighted by Gasteiger charge is -2.33. The molecule has 0 radical (unpaired) electrons. The van der Waals surface area contributed by atoms with E-state index in [4.69, 9.17) is 0 Å². The van der Waals surface area contributed by atoms with Crippen molar-refractivity contribution in [1.82, 2.24) is 9.88 Å². The van der Waals surface area contributed by atoms with Crippen LogP contribution >= 0.6 is 11.3 Å². The standard InChI is InChI=1S/C21H23N3S/c1-23-13-15-11-16(24-9-2-3-10-24)6-7-17(15)18(14-23)21-12-19-20(25-21)5-4-8-22-19/h4-8,11-12,18H,2-3,9-10,13-14H2,1H3.